The van der Waals surface area contributed by atoms with Gasteiger partial charge in [0.1, 0.15) is 0 Å². The Morgan fingerprint density at radius 1 is 1.35 bits per heavy atom. The predicted molar refractivity (Wildman–Crippen MR) is 78.5 cm³/mol. The quantitative estimate of drug-likeness (QED) is 0.820. The molecule has 6 nitrogen and oxygen atoms in total. The number of hydrogen-bond acceptors (Lipinski definition) is 5. The summed E-state index contributed by atoms with van der Waals surface area (Å²) in [6.07, 6.45) is 3.11. The van der Waals surface area contributed by atoms with Crippen LogP contribution >= 0.6 is 0 Å². The minimum absolute atomic E-state index is 0.288. The van der Waals surface area contributed by atoms with E-state index in [2.05, 4.69) is 29.4 Å². The van der Waals surface area contributed by atoms with Crippen LogP contribution in [0.3, 0.4) is 0 Å². The van der Waals surface area contributed by atoms with Crippen LogP contribution in [0.4, 0.5) is 5.69 Å². The summed E-state index contributed by atoms with van der Waals surface area (Å²) in [5, 5.41) is 12.1. The van der Waals surface area contributed by atoms with Gasteiger partial charge in [0.05, 0.1) is 24.4 Å². The second kappa shape index (κ2) is 6.36. The van der Waals surface area contributed by atoms with E-state index in [0.29, 0.717) is 17.3 Å². The number of anilines is 1. The number of nitrogen functional groups attached to an aromatic ring is 1. The zero-order valence-electron chi connectivity index (χ0n) is 12.2. The number of ether oxygens (including phenoxy) is 1. The second-order valence-electron chi connectivity index (χ2n) is 4.73. The molecule has 0 bridgehead atoms. The number of para-hydroxylation sites is 1. The van der Waals surface area contributed by atoms with Crippen LogP contribution in [-0.2, 0) is 0 Å². The van der Waals surface area contributed by atoms with Crippen LogP contribution in [0.5, 0.6) is 5.75 Å². The molecule has 0 amide bonds. The summed E-state index contributed by atoms with van der Waals surface area (Å²) < 4.78 is 7.27. The molecule has 1 aromatic heterocycles. The van der Waals surface area contributed by atoms with Gasteiger partial charge in [0.15, 0.2) is 11.6 Å². The van der Waals surface area contributed by atoms with E-state index in [4.69, 9.17) is 10.5 Å². The van der Waals surface area contributed by atoms with E-state index in [1.165, 1.54) is 0 Å². The maximum absolute atomic E-state index is 5.95. The molecule has 0 spiro atoms. The monoisotopic (exact) mass is 275 g/mol. The van der Waals surface area contributed by atoms with Crippen LogP contribution in [-0.4, -0.2) is 27.3 Å². The maximum Gasteiger partial charge on any atom is 0.186 e. The van der Waals surface area contributed by atoms with Crippen molar-refractivity contribution in [2.45, 2.75) is 39.2 Å². The Hall–Kier alpha value is -2.11. The minimum Gasteiger partial charge on any atom is -0.494 e. The Labute approximate surface area is 118 Å². The van der Waals surface area contributed by atoms with Crippen molar-refractivity contribution in [3.05, 3.63) is 18.2 Å². The molecule has 1 atom stereocenters. The number of aromatic nitrogens is 4. The molecule has 2 rings (SSSR count). The lowest BCUT2D eigenvalue weighted by molar-refractivity contribution is 0.399. The largest absolute Gasteiger partial charge is 0.494 e. The third-order valence-electron chi connectivity index (χ3n) is 3.42. The normalized spacial score (nSPS) is 12.3. The number of hydrogen-bond donors (Lipinski definition) is 1. The standard InChI is InChI=1S/C14H21N5O/c1-4-7-10(5-2)19-14(16-17-18-19)11-8-6-9-12(15)13(11)20-3/h6,8-10H,4-5,7,15H2,1-3H3. The van der Waals surface area contributed by atoms with Gasteiger partial charge < -0.3 is 10.5 Å². The van der Waals surface area contributed by atoms with E-state index in [-0.39, 0.29) is 6.04 Å². The van der Waals surface area contributed by atoms with Gasteiger partial charge in [0, 0.05) is 0 Å². The fraction of sp³-hybridized carbons (Fsp3) is 0.500. The third-order valence-corrected chi connectivity index (χ3v) is 3.42. The molecule has 1 aromatic carbocycles. The molecule has 0 saturated heterocycles. The van der Waals surface area contributed by atoms with Crippen molar-refractivity contribution in [3.63, 3.8) is 0 Å². The SMILES string of the molecule is CCCC(CC)n1nnnc1-c1cccc(N)c1OC. The highest BCUT2D eigenvalue weighted by molar-refractivity contribution is 5.73. The highest BCUT2D eigenvalue weighted by atomic mass is 16.5. The average Bonchev–Trinajstić information content (AvgIpc) is 2.93. The summed E-state index contributed by atoms with van der Waals surface area (Å²) in [7, 11) is 1.60. The van der Waals surface area contributed by atoms with Gasteiger partial charge in [-0.2, -0.15) is 0 Å². The van der Waals surface area contributed by atoms with E-state index in [1.54, 1.807) is 13.2 Å². The van der Waals surface area contributed by atoms with Gasteiger partial charge in [-0.05, 0) is 35.4 Å². The van der Waals surface area contributed by atoms with Gasteiger partial charge in [-0.3, -0.25) is 0 Å². The molecule has 0 radical (unpaired) electrons. The van der Waals surface area contributed by atoms with Crippen LogP contribution < -0.4 is 10.5 Å². The Morgan fingerprint density at radius 2 is 2.15 bits per heavy atom. The first-order valence-electron chi connectivity index (χ1n) is 6.93. The van der Waals surface area contributed by atoms with Gasteiger partial charge in [-0.25, -0.2) is 4.68 Å². The number of tetrazole rings is 1. The lowest BCUT2D eigenvalue weighted by Crippen LogP contribution is -2.12. The highest BCUT2D eigenvalue weighted by Gasteiger charge is 2.20. The number of methoxy groups -OCH3 is 1. The van der Waals surface area contributed by atoms with Gasteiger partial charge in [-0.1, -0.05) is 26.3 Å². The molecule has 0 aliphatic carbocycles. The van der Waals surface area contributed by atoms with E-state index < -0.39 is 0 Å². The van der Waals surface area contributed by atoms with Crippen molar-refractivity contribution in [1.82, 2.24) is 20.2 Å². The van der Waals surface area contributed by atoms with Crippen molar-refractivity contribution in [2.24, 2.45) is 0 Å². The number of nitrogens with zero attached hydrogens (tertiary/aromatic N) is 4. The van der Waals surface area contributed by atoms with Crippen molar-refractivity contribution in [2.75, 3.05) is 12.8 Å². The lowest BCUT2D eigenvalue weighted by Gasteiger charge is -2.17. The highest BCUT2D eigenvalue weighted by Crippen LogP contribution is 2.34. The van der Waals surface area contributed by atoms with Crippen molar-refractivity contribution in [3.8, 4) is 17.1 Å². The molecule has 2 aromatic rings. The van der Waals surface area contributed by atoms with Gasteiger partial charge >= 0.3 is 0 Å². The third kappa shape index (κ3) is 2.59. The average molecular weight is 275 g/mol. The van der Waals surface area contributed by atoms with Gasteiger partial charge in [0.25, 0.3) is 0 Å². The minimum atomic E-state index is 0.288. The van der Waals surface area contributed by atoms with Crippen molar-refractivity contribution >= 4 is 5.69 Å². The molecular formula is C14H21N5O. The Kier molecular flexibility index (Phi) is 4.55. The van der Waals surface area contributed by atoms with Crippen LogP contribution in [0.2, 0.25) is 0 Å². The summed E-state index contributed by atoms with van der Waals surface area (Å²) in [6, 6.07) is 5.90. The molecule has 6 heteroatoms. The summed E-state index contributed by atoms with van der Waals surface area (Å²) in [5.74, 6) is 1.32. The molecule has 0 aliphatic rings. The topological polar surface area (TPSA) is 78.9 Å². The molecule has 108 valence electrons. The lowest BCUT2D eigenvalue weighted by atomic mass is 10.1. The summed E-state index contributed by atoms with van der Waals surface area (Å²) in [4.78, 5) is 0. The number of rotatable bonds is 6. The zero-order chi connectivity index (χ0) is 14.5. The molecule has 20 heavy (non-hydrogen) atoms. The predicted octanol–water partition coefficient (Wildman–Crippen LogP) is 2.68. The van der Waals surface area contributed by atoms with Crippen LogP contribution in [0.15, 0.2) is 18.2 Å². The molecular weight excluding hydrogens is 254 g/mol. The first-order chi connectivity index (χ1) is 9.72. The van der Waals surface area contributed by atoms with E-state index in [0.717, 1.165) is 24.8 Å². The molecule has 1 heterocycles. The summed E-state index contributed by atoms with van der Waals surface area (Å²) in [6.45, 7) is 4.30. The Bertz CT molecular complexity index is 566. The van der Waals surface area contributed by atoms with E-state index in [9.17, 15) is 0 Å². The molecule has 0 aliphatic heterocycles. The van der Waals surface area contributed by atoms with Gasteiger partial charge in [-0.15, -0.1) is 5.10 Å². The van der Waals surface area contributed by atoms with Gasteiger partial charge in [0.2, 0.25) is 0 Å². The Morgan fingerprint density at radius 3 is 2.80 bits per heavy atom. The summed E-state index contributed by atoms with van der Waals surface area (Å²) in [5.41, 5.74) is 7.36. The number of nitrogens with two attached hydrogens (primary N) is 1. The van der Waals surface area contributed by atoms with E-state index >= 15 is 0 Å². The maximum atomic E-state index is 5.95. The van der Waals surface area contributed by atoms with Crippen molar-refractivity contribution in [1.29, 1.82) is 0 Å². The smallest absolute Gasteiger partial charge is 0.186 e. The van der Waals surface area contributed by atoms with Crippen LogP contribution in [0.25, 0.3) is 11.4 Å². The van der Waals surface area contributed by atoms with Crippen molar-refractivity contribution < 1.29 is 4.74 Å². The fourth-order valence-corrected chi connectivity index (χ4v) is 2.41. The Balaban J connectivity index is 2.49. The molecule has 1 unspecified atom stereocenters. The molecule has 0 saturated carbocycles. The zero-order valence-corrected chi connectivity index (χ0v) is 12.2. The summed E-state index contributed by atoms with van der Waals surface area (Å²) >= 11 is 0. The number of benzene rings is 1. The first kappa shape index (κ1) is 14.3. The molecule has 0 fully saturated rings. The molecule has 2 N–H and O–H groups in total. The van der Waals surface area contributed by atoms with Crippen LogP contribution in [0.1, 0.15) is 39.2 Å². The van der Waals surface area contributed by atoms with Crippen LogP contribution in [0, 0.1) is 0 Å². The van der Waals surface area contributed by atoms with E-state index in [1.807, 2.05) is 16.8 Å². The fourth-order valence-electron chi connectivity index (χ4n) is 2.41. The second-order valence-corrected chi connectivity index (χ2v) is 4.73. The first-order valence-corrected chi connectivity index (χ1v) is 6.93.